The molecule has 0 bridgehead atoms. The molecule has 1 N–H and O–H groups in total. The van der Waals surface area contributed by atoms with Gasteiger partial charge in [-0.05, 0) is 81.5 Å². The molecule has 0 radical (unpaired) electrons. The highest BCUT2D eigenvalue weighted by Crippen LogP contribution is 2.49. The molecule has 3 atom stereocenters. The van der Waals surface area contributed by atoms with Crippen LogP contribution >= 0.6 is 0 Å². The molecule has 4 aliphatic rings. The first-order valence-corrected chi connectivity index (χ1v) is 18.0. The summed E-state index contributed by atoms with van der Waals surface area (Å²) < 4.78 is 50.0. The SMILES string of the molecule is C#Cc1c(F)ccc2cc(O)cc(-c3ncc4c(N5CCCOCC5)nc(OCC56CCCC5N(C5CCCOCC5)CCC6)nc4c3F)c12. The van der Waals surface area contributed by atoms with E-state index < -0.39 is 11.6 Å². The zero-order chi connectivity index (χ0) is 34.2. The van der Waals surface area contributed by atoms with Crippen LogP contribution in [0.1, 0.15) is 63.4 Å². The second kappa shape index (κ2) is 13.9. The number of terminal acetylenes is 1. The lowest BCUT2D eigenvalue weighted by Crippen LogP contribution is -2.55. The van der Waals surface area contributed by atoms with Crippen LogP contribution in [0.3, 0.4) is 0 Å². The topological polar surface area (TPSA) is 93.1 Å². The van der Waals surface area contributed by atoms with E-state index in [1.54, 1.807) is 6.20 Å². The Kier molecular flexibility index (Phi) is 9.19. The molecule has 1 aliphatic carbocycles. The zero-order valence-electron chi connectivity index (χ0n) is 28.3. The minimum absolute atomic E-state index is 0.0287. The predicted molar refractivity (Wildman–Crippen MR) is 187 cm³/mol. The molecule has 11 heteroatoms. The molecule has 1 saturated carbocycles. The first-order valence-electron chi connectivity index (χ1n) is 18.0. The standard InChI is InChI=1S/C39H43F2N5O4/c1-2-28-31(40)10-9-25-21-27(47)22-29(33(25)28)35-34(41)36-30(23-42-35)37(45-14-6-18-49-20-16-45)44-38(43-36)50-24-39-12-3-8-32(39)46(15-5-13-39)26-7-4-17-48-19-11-26/h1,9-10,21-23,26,32,47H,3-8,11-20,24H2. The van der Waals surface area contributed by atoms with Crippen LogP contribution in [0.4, 0.5) is 14.6 Å². The largest absolute Gasteiger partial charge is 0.508 e. The maximum atomic E-state index is 17.0. The van der Waals surface area contributed by atoms with Gasteiger partial charge >= 0.3 is 6.01 Å². The van der Waals surface area contributed by atoms with E-state index in [1.165, 1.54) is 24.3 Å². The lowest BCUT2D eigenvalue weighted by atomic mass is 9.74. The van der Waals surface area contributed by atoms with Crippen LogP contribution in [0.5, 0.6) is 11.8 Å². The molecule has 2 aromatic carbocycles. The molecule has 50 heavy (non-hydrogen) atoms. The number of pyridine rings is 1. The molecule has 5 heterocycles. The van der Waals surface area contributed by atoms with Gasteiger partial charge in [-0.3, -0.25) is 9.88 Å². The highest BCUT2D eigenvalue weighted by molar-refractivity contribution is 6.03. The summed E-state index contributed by atoms with van der Waals surface area (Å²) in [6.07, 6.45) is 16.9. The molecule has 0 spiro atoms. The number of fused-ring (bicyclic) bond motifs is 3. The summed E-state index contributed by atoms with van der Waals surface area (Å²) in [5.74, 6) is 1.48. The van der Waals surface area contributed by atoms with Gasteiger partial charge in [-0.25, -0.2) is 8.78 Å². The number of aromatic hydroxyl groups is 1. The van der Waals surface area contributed by atoms with E-state index in [-0.39, 0.29) is 39.5 Å². The highest BCUT2D eigenvalue weighted by atomic mass is 19.1. The van der Waals surface area contributed by atoms with E-state index in [1.807, 2.05) is 0 Å². The molecule has 4 fully saturated rings. The van der Waals surface area contributed by atoms with Crippen molar-refractivity contribution < 1.29 is 28.1 Å². The molecular formula is C39H43F2N5O4. The van der Waals surface area contributed by atoms with Crippen LogP contribution in [-0.2, 0) is 9.47 Å². The molecule has 4 aromatic rings. The van der Waals surface area contributed by atoms with E-state index in [0.717, 1.165) is 77.5 Å². The van der Waals surface area contributed by atoms with Crippen LogP contribution in [0.25, 0.3) is 32.9 Å². The lowest BCUT2D eigenvalue weighted by molar-refractivity contribution is -0.0266. The number of anilines is 1. The van der Waals surface area contributed by atoms with Crippen molar-refractivity contribution in [1.29, 1.82) is 0 Å². The third kappa shape index (κ3) is 6.01. The molecule has 9 nitrogen and oxygen atoms in total. The van der Waals surface area contributed by atoms with Crippen molar-refractivity contribution in [3.8, 4) is 35.4 Å². The molecule has 3 saturated heterocycles. The fourth-order valence-electron chi connectivity index (χ4n) is 9.03. The number of rotatable bonds is 6. The van der Waals surface area contributed by atoms with Crippen molar-refractivity contribution in [3.05, 3.63) is 47.7 Å². The minimum Gasteiger partial charge on any atom is -0.508 e. The van der Waals surface area contributed by atoms with Gasteiger partial charge < -0.3 is 24.2 Å². The van der Waals surface area contributed by atoms with E-state index in [2.05, 4.69) is 20.7 Å². The lowest BCUT2D eigenvalue weighted by Gasteiger charge is -2.49. The summed E-state index contributed by atoms with van der Waals surface area (Å²) in [5, 5.41) is 11.8. The fourth-order valence-corrected chi connectivity index (χ4v) is 9.03. The molecule has 262 valence electrons. The molecule has 2 aromatic heterocycles. The third-order valence-corrected chi connectivity index (χ3v) is 11.3. The normalized spacial score (nSPS) is 24.9. The van der Waals surface area contributed by atoms with E-state index >= 15 is 4.39 Å². The van der Waals surface area contributed by atoms with Gasteiger partial charge in [0.1, 0.15) is 28.6 Å². The van der Waals surface area contributed by atoms with Gasteiger partial charge in [-0.15, -0.1) is 6.42 Å². The van der Waals surface area contributed by atoms with Crippen molar-refractivity contribution >= 4 is 27.5 Å². The smallest absolute Gasteiger partial charge is 0.319 e. The quantitative estimate of drug-likeness (QED) is 0.225. The van der Waals surface area contributed by atoms with Crippen LogP contribution in [0.15, 0.2) is 30.5 Å². The van der Waals surface area contributed by atoms with E-state index in [9.17, 15) is 9.50 Å². The van der Waals surface area contributed by atoms with Crippen LogP contribution < -0.4 is 9.64 Å². The molecule has 3 unspecified atom stereocenters. The second-order valence-corrected chi connectivity index (χ2v) is 14.2. The summed E-state index contributed by atoms with van der Waals surface area (Å²) in [5.41, 5.74) is 0.0634. The maximum Gasteiger partial charge on any atom is 0.319 e. The number of benzene rings is 2. The Morgan fingerprint density at radius 3 is 2.72 bits per heavy atom. The second-order valence-electron chi connectivity index (χ2n) is 14.2. The average Bonchev–Trinajstić information content (AvgIpc) is 3.28. The van der Waals surface area contributed by atoms with Gasteiger partial charge in [0.05, 0.1) is 24.2 Å². The van der Waals surface area contributed by atoms with Gasteiger partial charge in [0.15, 0.2) is 5.82 Å². The average molecular weight is 684 g/mol. The Labute approximate surface area is 291 Å². The molecule has 3 aliphatic heterocycles. The van der Waals surface area contributed by atoms with Crippen LogP contribution in [-0.4, -0.2) is 89.7 Å². The molecule has 0 amide bonds. The molecular weight excluding hydrogens is 640 g/mol. The zero-order valence-corrected chi connectivity index (χ0v) is 28.3. The van der Waals surface area contributed by atoms with E-state index in [4.69, 9.17) is 30.6 Å². The van der Waals surface area contributed by atoms with Crippen molar-refractivity contribution in [2.24, 2.45) is 5.41 Å². The summed E-state index contributed by atoms with van der Waals surface area (Å²) in [6, 6.07) is 6.63. The van der Waals surface area contributed by atoms with Gasteiger partial charge in [0, 0.05) is 67.6 Å². The van der Waals surface area contributed by atoms with Gasteiger partial charge in [-0.2, -0.15) is 9.97 Å². The number of ether oxygens (including phenoxy) is 3. The summed E-state index contributed by atoms with van der Waals surface area (Å²) in [7, 11) is 0. The van der Waals surface area contributed by atoms with Crippen molar-refractivity contribution in [2.75, 3.05) is 57.6 Å². The third-order valence-electron chi connectivity index (χ3n) is 11.3. The number of likely N-dealkylation sites (tertiary alicyclic amines) is 1. The number of piperidine rings is 1. The Bertz CT molecular complexity index is 1940. The molecule has 8 rings (SSSR count). The Morgan fingerprint density at radius 1 is 0.960 bits per heavy atom. The first kappa shape index (κ1) is 33.1. The van der Waals surface area contributed by atoms with Gasteiger partial charge in [0.25, 0.3) is 0 Å². The summed E-state index contributed by atoms with van der Waals surface area (Å²) >= 11 is 0. The number of phenols is 1. The highest BCUT2D eigenvalue weighted by Gasteiger charge is 2.50. The minimum atomic E-state index is -0.725. The number of hydrogen-bond donors (Lipinski definition) is 1. The summed E-state index contributed by atoms with van der Waals surface area (Å²) in [6.45, 7) is 5.58. The Balaban J connectivity index is 1.20. The van der Waals surface area contributed by atoms with E-state index in [0.29, 0.717) is 67.0 Å². The van der Waals surface area contributed by atoms with Gasteiger partial charge in [0.2, 0.25) is 0 Å². The van der Waals surface area contributed by atoms with Crippen LogP contribution in [0, 0.1) is 29.4 Å². The summed E-state index contributed by atoms with van der Waals surface area (Å²) in [4.78, 5) is 19.0. The number of phenolic OH excluding ortho intramolecular Hbond substituents is 1. The van der Waals surface area contributed by atoms with Crippen molar-refractivity contribution in [1.82, 2.24) is 19.9 Å². The van der Waals surface area contributed by atoms with Crippen LogP contribution in [0.2, 0.25) is 0 Å². The fraction of sp³-hybridized carbons (Fsp3) is 0.513. The number of nitrogens with zero attached hydrogens (tertiary/aromatic N) is 5. The first-order chi connectivity index (χ1) is 24.5. The maximum absolute atomic E-state index is 17.0. The van der Waals surface area contributed by atoms with Gasteiger partial charge in [-0.1, -0.05) is 18.4 Å². The Hall–Kier alpha value is -4.11. The Morgan fingerprint density at radius 2 is 1.82 bits per heavy atom. The number of aromatic nitrogens is 3. The van der Waals surface area contributed by atoms with Crippen molar-refractivity contribution in [3.63, 3.8) is 0 Å². The predicted octanol–water partition coefficient (Wildman–Crippen LogP) is 6.62. The number of hydrogen-bond acceptors (Lipinski definition) is 9. The number of halogens is 2. The monoisotopic (exact) mass is 683 g/mol. The van der Waals surface area contributed by atoms with Crippen molar-refractivity contribution in [2.45, 2.75) is 69.9 Å².